The molecular formula is C32H36N4O5. The number of benzene rings is 1. The first kappa shape index (κ1) is 28.5. The number of likely N-dealkylation sites (tertiary alicyclic amines) is 1. The van der Waals surface area contributed by atoms with Gasteiger partial charge in [-0.25, -0.2) is 9.78 Å². The maximum absolute atomic E-state index is 12.0. The number of imidazole rings is 1. The van der Waals surface area contributed by atoms with E-state index in [2.05, 4.69) is 33.8 Å². The van der Waals surface area contributed by atoms with Crippen LogP contribution in [-0.4, -0.2) is 57.3 Å². The molecule has 2 atom stereocenters. The first-order valence-corrected chi connectivity index (χ1v) is 14.1. The fraction of sp³-hybridized carbons (Fsp3) is 0.469. The molecule has 0 saturated carbocycles. The summed E-state index contributed by atoms with van der Waals surface area (Å²) in [5.41, 5.74) is 2.06. The lowest BCUT2D eigenvalue weighted by atomic mass is 10.0. The van der Waals surface area contributed by atoms with E-state index >= 15 is 0 Å². The molecule has 1 amide bonds. The lowest BCUT2D eigenvalue weighted by molar-refractivity contribution is -0.188. The quantitative estimate of drug-likeness (QED) is 0.375. The zero-order valence-corrected chi connectivity index (χ0v) is 24.1. The zero-order valence-electron chi connectivity index (χ0n) is 24.1. The fourth-order valence-corrected chi connectivity index (χ4v) is 4.62. The van der Waals surface area contributed by atoms with Gasteiger partial charge in [-0.05, 0) is 83.1 Å². The van der Waals surface area contributed by atoms with Crippen molar-refractivity contribution >= 4 is 6.09 Å². The van der Waals surface area contributed by atoms with Gasteiger partial charge in [0.25, 0.3) is 0 Å². The zero-order chi connectivity index (χ0) is 28.8. The molecule has 1 aromatic carbocycles. The van der Waals surface area contributed by atoms with E-state index in [4.69, 9.17) is 18.7 Å². The first-order valence-electron chi connectivity index (χ1n) is 14.1. The standard InChI is InChI=1S/C32H36N4O5/c1-23(39-29-11-7-8-18-38-29)30-33-16-17-35(30)22-27-19-28(41-34-27)26-14-12-24(13-15-26)9-5-6-10-25-20-36(21-25)31(37)40-32(2,3)4/h12-17,19,23,25,29H,7-8,11,18,20-22H2,1-4H3/t23-,29?/m0/s1. The number of amides is 1. The van der Waals surface area contributed by atoms with Crippen molar-refractivity contribution in [2.75, 3.05) is 19.7 Å². The third-order valence-corrected chi connectivity index (χ3v) is 6.74. The van der Waals surface area contributed by atoms with Crippen LogP contribution in [0, 0.1) is 29.6 Å². The number of nitrogens with zero attached hydrogens (tertiary/aromatic N) is 4. The summed E-state index contributed by atoms with van der Waals surface area (Å²) in [5.74, 6) is 13.6. The smallest absolute Gasteiger partial charge is 0.410 e. The van der Waals surface area contributed by atoms with E-state index in [0.29, 0.717) is 25.4 Å². The second-order valence-electron chi connectivity index (χ2n) is 11.3. The number of rotatable bonds is 6. The van der Waals surface area contributed by atoms with Crippen molar-refractivity contribution < 1.29 is 23.5 Å². The molecule has 2 saturated heterocycles. The topological polar surface area (TPSA) is 91.9 Å². The summed E-state index contributed by atoms with van der Waals surface area (Å²) in [6, 6.07) is 9.70. The number of aromatic nitrogens is 3. The Hall–Kier alpha value is -4.05. The van der Waals surface area contributed by atoms with Gasteiger partial charge in [0.15, 0.2) is 12.1 Å². The molecule has 41 heavy (non-hydrogen) atoms. The van der Waals surface area contributed by atoms with E-state index in [1.54, 1.807) is 11.1 Å². The van der Waals surface area contributed by atoms with Crippen molar-refractivity contribution in [1.29, 1.82) is 0 Å². The predicted octanol–water partition coefficient (Wildman–Crippen LogP) is 5.41. The molecule has 0 radical (unpaired) electrons. The molecule has 9 nitrogen and oxygen atoms in total. The number of carbonyl (C=O) groups is 1. The molecule has 0 bridgehead atoms. The monoisotopic (exact) mass is 556 g/mol. The molecule has 2 aliphatic heterocycles. The van der Waals surface area contributed by atoms with Gasteiger partial charge in [-0.2, -0.15) is 0 Å². The third kappa shape index (κ3) is 7.79. The molecule has 0 spiro atoms. The molecule has 9 heteroatoms. The van der Waals surface area contributed by atoms with Crippen LogP contribution in [0.1, 0.15) is 70.1 Å². The minimum atomic E-state index is -0.492. The molecule has 2 aliphatic rings. The van der Waals surface area contributed by atoms with Crippen LogP contribution in [0.2, 0.25) is 0 Å². The third-order valence-electron chi connectivity index (χ3n) is 6.74. The van der Waals surface area contributed by atoms with Crippen LogP contribution in [-0.2, 0) is 20.8 Å². The molecule has 214 valence electrons. The van der Waals surface area contributed by atoms with E-state index in [0.717, 1.165) is 48.5 Å². The van der Waals surface area contributed by atoms with Crippen molar-refractivity contribution in [1.82, 2.24) is 19.6 Å². The van der Waals surface area contributed by atoms with E-state index in [1.165, 1.54) is 0 Å². The van der Waals surface area contributed by atoms with Crippen molar-refractivity contribution in [2.24, 2.45) is 5.92 Å². The van der Waals surface area contributed by atoms with E-state index in [9.17, 15) is 4.79 Å². The van der Waals surface area contributed by atoms with E-state index in [-0.39, 0.29) is 24.4 Å². The highest BCUT2D eigenvalue weighted by Gasteiger charge is 2.32. The summed E-state index contributed by atoms with van der Waals surface area (Å²) in [5, 5.41) is 4.26. The van der Waals surface area contributed by atoms with Gasteiger partial charge in [-0.1, -0.05) is 17.0 Å². The van der Waals surface area contributed by atoms with Gasteiger partial charge in [-0.3, -0.25) is 0 Å². The van der Waals surface area contributed by atoms with Crippen LogP contribution >= 0.6 is 0 Å². The van der Waals surface area contributed by atoms with Gasteiger partial charge in [0, 0.05) is 49.3 Å². The summed E-state index contributed by atoms with van der Waals surface area (Å²) in [4.78, 5) is 18.2. The summed E-state index contributed by atoms with van der Waals surface area (Å²) in [6.45, 7) is 9.98. The lowest BCUT2D eigenvalue weighted by Gasteiger charge is -2.37. The number of hydrogen-bond acceptors (Lipinski definition) is 7. The Balaban J connectivity index is 1.12. The van der Waals surface area contributed by atoms with Crippen LogP contribution in [0.4, 0.5) is 4.79 Å². The molecule has 0 N–H and O–H groups in total. The van der Waals surface area contributed by atoms with E-state index < -0.39 is 5.60 Å². The predicted molar refractivity (Wildman–Crippen MR) is 152 cm³/mol. The second kappa shape index (κ2) is 12.6. The highest BCUT2D eigenvalue weighted by molar-refractivity contribution is 5.69. The maximum Gasteiger partial charge on any atom is 0.410 e. The van der Waals surface area contributed by atoms with E-state index in [1.807, 2.05) is 68.8 Å². The van der Waals surface area contributed by atoms with Crippen LogP contribution in [0.5, 0.6) is 0 Å². The fourth-order valence-electron chi connectivity index (χ4n) is 4.62. The largest absolute Gasteiger partial charge is 0.444 e. The highest BCUT2D eigenvalue weighted by Crippen LogP contribution is 2.25. The van der Waals surface area contributed by atoms with Gasteiger partial charge in [0.2, 0.25) is 0 Å². The van der Waals surface area contributed by atoms with Crippen LogP contribution in [0.25, 0.3) is 11.3 Å². The van der Waals surface area contributed by atoms with Crippen LogP contribution < -0.4 is 0 Å². The molecule has 5 rings (SSSR count). The Kier molecular flexibility index (Phi) is 8.78. The summed E-state index contributed by atoms with van der Waals surface area (Å²) >= 11 is 0. The molecule has 4 heterocycles. The Morgan fingerprint density at radius 1 is 1.17 bits per heavy atom. The van der Waals surface area contributed by atoms with Crippen molar-refractivity contribution in [3.63, 3.8) is 0 Å². The highest BCUT2D eigenvalue weighted by atomic mass is 16.7. The molecule has 1 unspecified atom stereocenters. The summed E-state index contributed by atoms with van der Waals surface area (Å²) in [6.07, 6.45) is 6.13. The SMILES string of the molecule is C[C@H](OC1CCCCO1)c1nccn1Cc1cc(-c2ccc(C#CC#CC3CN(C(=O)OC(C)(C)C)C3)cc2)on1. The Morgan fingerprint density at radius 2 is 1.98 bits per heavy atom. The first-order chi connectivity index (χ1) is 19.7. The lowest BCUT2D eigenvalue weighted by Crippen LogP contribution is -2.51. The van der Waals surface area contributed by atoms with Gasteiger partial charge in [0.1, 0.15) is 23.2 Å². The van der Waals surface area contributed by atoms with Crippen molar-refractivity contribution in [3.8, 4) is 35.0 Å². The van der Waals surface area contributed by atoms with Gasteiger partial charge in [0.05, 0.1) is 12.5 Å². The molecule has 3 aromatic rings. The van der Waals surface area contributed by atoms with Crippen molar-refractivity contribution in [3.05, 3.63) is 59.8 Å². The average Bonchev–Trinajstić information content (AvgIpc) is 3.57. The Bertz CT molecular complexity index is 1450. The maximum atomic E-state index is 12.0. The molecule has 2 aromatic heterocycles. The van der Waals surface area contributed by atoms with Crippen molar-refractivity contribution in [2.45, 2.75) is 71.5 Å². The molecule has 2 fully saturated rings. The number of ether oxygens (including phenoxy) is 3. The normalized spacial score (nSPS) is 18.0. The minimum absolute atomic E-state index is 0.125. The Labute approximate surface area is 241 Å². The molecular weight excluding hydrogens is 520 g/mol. The number of hydrogen-bond donors (Lipinski definition) is 0. The summed E-state index contributed by atoms with van der Waals surface area (Å²) in [7, 11) is 0. The number of carbonyl (C=O) groups excluding carboxylic acids is 1. The van der Waals surface area contributed by atoms with Crippen LogP contribution in [0.3, 0.4) is 0 Å². The minimum Gasteiger partial charge on any atom is -0.444 e. The molecule has 0 aliphatic carbocycles. The van der Waals surface area contributed by atoms with Gasteiger partial charge >= 0.3 is 6.09 Å². The van der Waals surface area contributed by atoms with Gasteiger partial charge in [-0.15, -0.1) is 0 Å². The average molecular weight is 557 g/mol. The second-order valence-corrected chi connectivity index (χ2v) is 11.3. The summed E-state index contributed by atoms with van der Waals surface area (Å²) < 4.78 is 24.8. The van der Waals surface area contributed by atoms with Crippen LogP contribution in [0.15, 0.2) is 47.2 Å². The Morgan fingerprint density at radius 3 is 2.71 bits per heavy atom. The van der Waals surface area contributed by atoms with Gasteiger partial charge < -0.3 is 28.2 Å².